The first-order valence-corrected chi connectivity index (χ1v) is 37.1. The van der Waals surface area contributed by atoms with Gasteiger partial charge in [0.2, 0.25) is 0 Å². The number of carbonyl (C=O) groups excluding carboxylic acids is 3. The van der Waals surface area contributed by atoms with Crippen LogP contribution in [0.1, 0.15) is 406 Å². The van der Waals surface area contributed by atoms with E-state index in [4.69, 9.17) is 14.2 Å². The molecular weight excluding hydrogens is 1020 g/mol. The minimum atomic E-state index is -0.783. The second kappa shape index (κ2) is 71.8. The van der Waals surface area contributed by atoms with Gasteiger partial charge in [-0.05, 0) is 77.0 Å². The maximum atomic E-state index is 12.9. The van der Waals surface area contributed by atoms with Gasteiger partial charge in [0, 0.05) is 19.3 Å². The Morgan fingerprint density at radius 3 is 0.711 bits per heavy atom. The highest BCUT2D eigenvalue weighted by Gasteiger charge is 2.19. The lowest BCUT2D eigenvalue weighted by Crippen LogP contribution is -2.30. The van der Waals surface area contributed by atoms with Crippen molar-refractivity contribution in [2.24, 2.45) is 0 Å². The molecule has 0 bridgehead atoms. The van der Waals surface area contributed by atoms with Gasteiger partial charge in [0.15, 0.2) is 6.10 Å². The summed E-state index contributed by atoms with van der Waals surface area (Å²) in [5, 5.41) is 0. The monoisotopic (exact) mass is 1160 g/mol. The van der Waals surface area contributed by atoms with E-state index in [9.17, 15) is 14.4 Å². The van der Waals surface area contributed by atoms with Crippen LogP contribution in [0.25, 0.3) is 0 Å². The molecule has 0 saturated heterocycles. The number of carbonyl (C=O) groups is 3. The van der Waals surface area contributed by atoms with Crippen molar-refractivity contribution in [2.45, 2.75) is 412 Å². The van der Waals surface area contributed by atoms with Gasteiger partial charge >= 0.3 is 17.9 Å². The van der Waals surface area contributed by atoms with E-state index < -0.39 is 6.10 Å². The second-order valence-corrected chi connectivity index (χ2v) is 25.2. The fraction of sp³-hybridized carbons (Fsp3) is 0.857. The Labute approximate surface area is 518 Å². The predicted molar refractivity (Wildman–Crippen MR) is 362 cm³/mol. The summed E-state index contributed by atoms with van der Waals surface area (Å²) >= 11 is 0. The normalized spacial score (nSPS) is 12.3. The van der Waals surface area contributed by atoms with Gasteiger partial charge < -0.3 is 14.2 Å². The smallest absolute Gasteiger partial charge is 0.306 e. The number of esters is 3. The molecule has 0 rings (SSSR count). The molecule has 0 aliphatic heterocycles. The van der Waals surface area contributed by atoms with Crippen LogP contribution in [-0.4, -0.2) is 37.2 Å². The summed E-state index contributed by atoms with van der Waals surface area (Å²) in [6, 6.07) is 0. The lowest BCUT2D eigenvalue weighted by atomic mass is 10.0. The Hall–Kier alpha value is -2.63. The third-order valence-electron chi connectivity index (χ3n) is 16.8. The molecule has 1 unspecified atom stereocenters. The van der Waals surface area contributed by atoms with Gasteiger partial charge in [-0.3, -0.25) is 14.4 Å². The maximum absolute atomic E-state index is 12.9. The van der Waals surface area contributed by atoms with E-state index in [1.165, 1.54) is 276 Å². The summed E-state index contributed by atoms with van der Waals surface area (Å²) < 4.78 is 17.0. The van der Waals surface area contributed by atoms with Crippen LogP contribution >= 0.6 is 0 Å². The lowest BCUT2D eigenvalue weighted by molar-refractivity contribution is -0.167. The van der Waals surface area contributed by atoms with Gasteiger partial charge in [0.05, 0.1) is 0 Å². The molecule has 1 atom stereocenters. The molecule has 0 saturated carbocycles. The highest BCUT2D eigenvalue weighted by molar-refractivity contribution is 5.71. The Balaban J connectivity index is 4.13. The fourth-order valence-electron chi connectivity index (χ4n) is 11.2. The topological polar surface area (TPSA) is 78.9 Å². The highest BCUT2D eigenvalue weighted by atomic mass is 16.6. The van der Waals surface area contributed by atoms with Crippen molar-refractivity contribution in [3.63, 3.8) is 0 Å². The number of ether oxygens (including phenoxy) is 3. The van der Waals surface area contributed by atoms with Crippen LogP contribution < -0.4 is 0 Å². The van der Waals surface area contributed by atoms with Crippen molar-refractivity contribution in [1.82, 2.24) is 0 Å². The second-order valence-electron chi connectivity index (χ2n) is 25.2. The first kappa shape index (κ1) is 80.4. The van der Waals surface area contributed by atoms with Crippen molar-refractivity contribution in [3.8, 4) is 0 Å². The van der Waals surface area contributed by atoms with Crippen LogP contribution in [0.3, 0.4) is 0 Å². The molecule has 0 N–H and O–H groups in total. The zero-order chi connectivity index (χ0) is 59.9. The minimum absolute atomic E-state index is 0.0773. The first-order chi connectivity index (χ1) is 41.0. The summed E-state index contributed by atoms with van der Waals surface area (Å²) in [6.07, 6.45) is 91.7. The number of unbranched alkanes of at least 4 members (excludes halogenated alkanes) is 50. The van der Waals surface area contributed by atoms with Crippen molar-refractivity contribution < 1.29 is 28.6 Å². The predicted octanol–water partition coefficient (Wildman–Crippen LogP) is 25.7. The van der Waals surface area contributed by atoms with Crippen LogP contribution in [0.15, 0.2) is 48.6 Å². The molecule has 0 amide bonds. The van der Waals surface area contributed by atoms with Gasteiger partial charge in [-0.15, -0.1) is 0 Å². The summed E-state index contributed by atoms with van der Waals surface area (Å²) in [4.78, 5) is 38.4. The molecule has 6 nitrogen and oxygen atoms in total. The van der Waals surface area contributed by atoms with Crippen LogP contribution in [0.2, 0.25) is 0 Å². The van der Waals surface area contributed by atoms with Gasteiger partial charge in [0.1, 0.15) is 13.2 Å². The van der Waals surface area contributed by atoms with Gasteiger partial charge in [-0.25, -0.2) is 0 Å². The summed E-state index contributed by atoms with van der Waals surface area (Å²) in [6.45, 7) is 6.63. The molecule has 0 heterocycles. The van der Waals surface area contributed by atoms with Gasteiger partial charge in [-0.2, -0.15) is 0 Å². The standard InChI is InChI=1S/C77H142O6/c1-4-7-10-13-16-19-22-25-28-30-32-33-34-35-36-37-38-39-40-41-42-43-44-45-46-48-49-52-55-58-61-64-67-70-76(79)82-73-74(72-81-75(78)69-66-63-60-57-54-51-27-24-21-18-15-12-9-6-3)83-77(80)71-68-65-62-59-56-53-50-47-31-29-26-23-20-17-14-11-8-5-2/h15,18,20,23-24,27,29,31,74H,4-14,16-17,19,21-22,25-26,28,30,32-73H2,1-3H3/b18-15-,23-20-,27-24-,31-29-. The minimum Gasteiger partial charge on any atom is -0.462 e. The quantitative estimate of drug-likeness (QED) is 0.0261. The molecule has 83 heavy (non-hydrogen) atoms. The average Bonchev–Trinajstić information content (AvgIpc) is 3.50. The SMILES string of the molecule is CCCC/C=C\C/C=C\CCCCCCCC(=O)OCC(COC(=O)CCCCCCCCCCCCCCCCCCCCCCCCCCCCCCCCCCC)OC(=O)CCCCCCCCC/C=C\C/C=C\CCCCCC. The van der Waals surface area contributed by atoms with Gasteiger partial charge in [0.25, 0.3) is 0 Å². The molecule has 0 aromatic heterocycles. The number of hydrogen-bond donors (Lipinski definition) is 0. The molecular formula is C77H142O6. The van der Waals surface area contributed by atoms with E-state index in [0.717, 1.165) is 89.9 Å². The molecule has 0 aliphatic carbocycles. The lowest BCUT2D eigenvalue weighted by Gasteiger charge is -2.18. The Bertz CT molecular complexity index is 1430. The number of rotatable bonds is 69. The zero-order valence-corrected chi connectivity index (χ0v) is 56.0. The van der Waals surface area contributed by atoms with Crippen LogP contribution in [-0.2, 0) is 28.6 Å². The molecule has 486 valence electrons. The summed E-state index contributed by atoms with van der Waals surface area (Å²) in [5.74, 6) is -0.875. The first-order valence-electron chi connectivity index (χ1n) is 37.1. The van der Waals surface area contributed by atoms with E-state index in [1.807, 2.05) is 0 Å². The summed E-state index contributed by atoms with van der Waals surface area (Å²) in [5.41, 5.74) is 0. The molecule has 0 aromatic rings. The van der Waals surface area contributed by atoms with E-state index in [0.29, 0.717) is 19.3 Å². The zero-order valence-electron chi connectivity index (χ0n) is 56.0. The number of allylic oxidation sites excluding steroid dienone is 8. The molecule has 6 heteroatoms. The van der Waals surface area contributed by atoms with E-state index in [1.54, 1.807) is 0 Å². The molecule has 0 aromatic carbocycles. The van der Waals surface area contributed by atoms with Crippen LogP contribution in [0.5, 0.6) is 0 Å². The average molecular weight is 1160 g/mol. The van der Waals surface area contributed by atoms with Gasteiger partial charge in [-0.1, -0.05) is 358 Å². The van der Waals surface area contributed by atoms with E-state index in [-0.39, 0.29) is 31.1 Å². The van der Waals surface area contributed by atoms with Crippen LogP contribution in [0.4, 0.5) is 0 Å². The Morgan fingerprint density at radius 2 is 0.446 bits per heavy atom. The highest BCUT2D eigenvalue weighted by Crippen LogP contribution is 2.19. The Morgan fingerprint density at radius 1 is 0.241 bits per heavy atom. The van der Waals surface area contributed by atoms with E-state index in [2.05, 4.69) is 69.4 Å². The van der Waals surface area contributed by atoms with Crippen molar-refractivity contribution in [2.75, 3.05) is 13.2 Å². The molecule has 0 spiro atoms. The molecule has 0 fully saturated rings. The fourth-order valence-corrected chi connectivity index (χ4v) is 11.2. The number of hydrogen-bond acceptors (Lipinski definition) is 6. The summed E-state index contributed by atoms with van der Waals surface area (Å²) in [7, 11) is 0. The van der Waals surface area contributed by atoms with Crippen molar-refractivity contribution in [1.29, 1.82) is 0 Å². The Kier molecular flexibility index (Phi) is 69.6. The maximum Gasteiger partial charge on any atom is 0.306 e. The largest absolute Gasteiger partial charge is 0.462 e. The third-order valence-corrected chi connectivity index (χ3v) is 16.8. The molecule has 0 aliphatic rings. The van der Waals surface area contributed by atoms with Crippen LogP contribution in [0, 0.1) is 0 Å². The third kappa shape index (κ3) is 70.0. The van der Waals surface area contributed by atoms with Crippen molar-refractivity contribution >= 4 is 17.9 Å². The van der Waals surface area contributed by atoms with E-state index >= 15 is 0 Å². The van der Waals surface area contributed by atoms with Crippen molar-refractivity contribution in [3.05, 3.63) is 48.6 Å². The molecule has 0 radical (unpaired) electrons.